The maximum absolute atomic E-state index is 11.2. The van der Waals surface area contributed by atoms with Crippen molar-refractivity contribution in [3.8, 4) is 0 Å². The number of halogens is 1. The molecule has 4 nitrogen and oxygen atoms in total. The number of carbonyl (C=O) groups is 2. The van der Waals surface area contributed by atoms with Gasteiger partial charge in [0.05, 0.1) is 12.8 Å². The Morgan fingerprint density at radius 2 is 2.07 bits per heavy atom. The van der Waals surface area contributed by atoms with Crippen molar-refractivity contribution in [2.24, 2.45) is 0 Å². The molecular weight excluding hydrogens is 262 g/mol. The van der Waals surface area contributed by atoms with Crippen LogP contribution in [0.15, 0.2) is 22.7 Å². The van der Waals surface area contributed by atoms with Gasteiger partial charge in [-0.3, -0.25) is 4.79 Å². The number of anilines is 1. The molecule has 5 heteroatoms. The minimum atomic E-state index is -0.914. The summed E-state index contributed by atoms with van der Waals surface area (Å²) >= 11 is 3.31. The Labute approximate surface area is 95.7 Å². The van der Waals surface area contributed by atoms with E-state index in [1.807, 2.05) is 13.0 Å². The van der Waals surface area contributed by atoms with Crippen LogP contribution >= 0.6 is 15.9 Å². The number of hydrogen-bond donors (Lipinski definition) is 1. The summed E-state index contributed by atoms with van der Waals surface area (Å²) in [6.45, 7) is 1.89. The molecule has 0 radical (unpaired) electrons. The van der Waals surface area contributed by atoms with Gasteiger partial charge in [-0.25, -0.2) is 4.79 Å². The summed E-state index contributed by atoms with van der Waals surface area (Å²) in [5.41, 5.74) is 1.52. The Bertz CT molecular complexity index is 404. The Hall–Kier alpha value is -1.36. The average Bonchev–Trinajstić information content (AvgIpc) is 2.23. The molecular formula is C10H10BrNO3. The van der Waals surface area contributed by atoms with Crippen LogP contribution in [0.2, 0.25) is 0 Å². The molecule has 80 valence electrons. The molecule has 0 unspecified atom stereocenters. The Balaban J connectivity index is 2.86. The van der Waals surface area contributed by atoms with Crippen molar-refractivity contribution in [3.63, 3.8) is 0 Å². The minimum absolute atomic E-state index is 0.547. The normalized spacial score (nSPS) is 9.53. The topological polar surface area (TPSA) is 55.4 Å². The summed E-state index contributed by atoms with van der Waals surface area (Å²) in [7, 11) is 1.16. The number of carbonyl (C=O) groups excluding carboxylic acids is 2. The van der Waals surface area contributed by atoms with Crippen LogP contribution in [0.1, 0.15) is 5.56 Å². The van der Waals surface area contributed by atoms with Gasteiger partial charge in [0.1, 0.15) is 0 Å². The van der Waals surface area contributed by atoms with Gasteiger partial charge in [-0.2, -0.15) is 0 Å². The first-order valence-electron chi connectivity index (χ1n) is 4.20. The highest BCUT2D eigenvalue weighted by molar-refractivity contribution is 9.10. The zero-order valence-electron chi connectivity index (χ0n) is 8.33. The molecule has 0 atom stereocenters. The van der Waals surface area contributed by atoms with Crippen LogP contribution in [0, 0.1) is 6.92 Å². The molecule has 0 aliphatic carbocycles. The lowest BCUT2D eigenvalue weighted by molar-refractivity contribution is -0.150. The molecule has 0 aliphatic heterocycles. The quantitative estimate of drug-likeness (QED) is 0.627. The largest absolute Gasteiger partial charge is 0.462 e. The third-order valence-corrected chi connectivity index (χ3v) is 2.86. The molecule has 1 aromatic rings. The zero-order chi connectivity index (χ0) is 11.4. The van der Waals surface area contributed by atoms with Crippen LogP contribution in [-0.4, -0.2) is 19.0 Å². The lowest BCUT2D eigenvalue weighted by atomic mass is 10.2. The number of ether oxygens (including phenoxy) is 1. The SMILES string of the molecule is COC(=O)C(=O)Nc1cccc(C)c1Br. The van der Waals surface area contributed by atoms with E-state index < -0.39 is 11.9 Å². The van der Waals surface area contributed by atoms with Gasteiger partial charge in [0.2, 0.25) is 0 Å². The summed E-state index contributed by atoms with van der Waals surface area (Å²) < 4.78 is 5.04. The number of nitrogens with one attached hydrogen (secondary N) is 1. The second-order valence-electron chi connectivity index (χ2n) is 2.88. The summed E-state index contributed by atoms with van der Waals surface area (Å²) in [5, 5.41) is 2.44. The summed E-state index contributed by atoms with van der Waals surface area (Å²) in [4.78, 5) is 22.1. The average molecular weight is 272 g/mol. The number of aryl methyl sites for hydroxylation is 1. The molecule has 0 aliphatic rings. The van der Waals surface area contributed by atoms with Gasteiger partial charge in [0.15, 0.2) is 0 Å². The first-order valence-corrected chi connectivity index (χ1v) is 5.00. The van der Waals surface area contributed by atoms with Crippen LogP contribution in [0.3, 0.4) is 0 Å². The molecule has 0 spiro atoms. The number of esters is 1. The molecule has 1 amide bonds. The van der Waals surface area contributed by atoms with Gasteiger partial charge in [-0.15, -0.1) is 0 Å². The number of rotatable bonds is 1. The van der Waals surface area contributed by atoms with E-state index in [0.29, 0.717) is 5.69 Å². The van der Waals surface area contributed by atoms with E-state index in [4.69, 9.17) is 0 Å². The molecule has 1 rings (SSSR count). The monoisotopic (exact) mass is 271 g/mol. The Kier molecular flexibility index (Phi) is 3.85. The third-order valence-electron chi connectivity index (χ3n) is 1.81. The fourth-order valence-corrected chi connectivity index (χ4v) is 1.37. The van der Waals surface area contributed by atoms with Gasteiger partial charge in [-0.05, 0) is 34.5 Å². The number of benzene rings is 1. The van der Waals surface area contributed by atoms with E-state index in [1.165, 1.54) is 0 Å². The van der Waals surface area contributed by atoms with Crippen LogP contribution < -0.4 is 5.32 Å². The second kappa shape index (κ2) is 4.93. The molecule has 0 bridgehead atoms. The van der Waals surface area contributed by atoms with Crippen LogP contribution in [-0.2, 0) is 14.3 Å². The highest BCUT2D eigenvalue weighted by Gasteiger charge is 2.15. The smallest absolute Gasteiger partial charge is 0.396 e. The molecule has 1 N–H and O–H groups in total. The van der Waals surface area contributed by atoms with Crippen molar-refractivity contribution in [3.05, 3.63) is 28.2 Å². The lowest BCUT2D eigenvalue weighted by Gasteiger charge is -2.07. The van der Waals surface area contributed by atoms with E-state index in [2.05, 4.69) is 26.0 Å². The molecule has 0 saturated heterocycles. The fourth-order valence-electron chi connectivity index (χ4n) is 1.01. The molecule has 15 heavy (non-hydrogen) atoms. The number of amides is 1. The second-order valence-corrected chi connectivity index (χ2v) is 3.68. The van der Waals surface area contributed by atoms with Crippen molar-refractivity contribution in [1.29, 1.82) is 0 Å². The molecule has 1 aromatic carbocycles. The van der Waals surface area contributed by atoms with Crippen molar-refractivity contribution < 1.29 is 14.3 Å². The third kappa shape index (κ3) is 2.79. The first-order chi connectivity index (χ1) is 7.06. The highest BCUT2D eigenvalue weighted by atomic mass is 79.9. The van der Waals surface area contributed by atoms with Gasteiger partial charge >= 0.3 is 11.9 Å². The van der Waals surface area contributed by atoms with Crippen LogP contribution in [0.4, 0.5) is 5.69 Å². The first kappa shape index (κ1) is 11.7. The van der Waals surface area contributed by atoms with E-state index in [1.54, 1.807) is 12.1 Å². The number of methoxy groups -OCH3 is 1. The summed E-state index contributed by atoms with van der Waals surface area (Å²) in [5.74, 6) is -1.70. The molecule has 0 heterocycles. The maximum Gasteiger partial charge on any atom is 0.396 e. The molecule has 0 fully saturated rings. The van der Waals surface area contributed by atoms with Crippen LogP contribution in [0.25, 0.3) is 0 Å². The Morgan fingerprint density at radius 3 is 2.67 bits per heavy atom. The molecule has 0 saturated carbocycles. The van der Waals surface area contributed by atoms with Gasteiger partial charge in [-0.1, -0.05) is 12.1 Å². The van der Waals surface area contributed by atoms with Gasteiger partial charge in [0.25, 0.3) is 0 Å². The predicted octanol–water partition coefficient (Wildman–Crippen LogP) is 1.87. The fraction of sp³-hybridized carbons (Fsp3) is 0.200. The van der Waals surface area contributed by atoms with Crippen LogP contribution in [0.5, 0.6) is 0 Å². The maximum atomic E-state index is 11.2. The standard InChI is InChI=1S/C10H10BrNO3/c1-6-4-3-5-7(8(6)11)12-9(13)10(14)15-2/h3-5H,1-2H3,(H,12,13). The van der Waals surface area contributed by atoms with Crippen molar-refractivity contribution in [1.82, 2.24) is 0 Å². The van der Waals surface area contributed by atoms with Gasteiger partial charge < -0.3 is 10.1 Å². The van der Waals surface area contributed by atoms with Crippen molar-refractivity contribution in [2.45, 2.75) is 6.92 Å². The predicted molar refractivity (Wildman–Crippen MR) is 59.5 cm³/mol. The molecule has 0 aromatic heterocycles. The van der Waals surface area contributed by atoms with Crippen molar-refractivity contribution >= 4 is 33.5 Å². The zero-order valence-corrected chi connectivity index (χ0v) is 9.92. The van der Waals surface area contributed by atoms with E-state index >= 15 is 0 Å². The number of hydrogen-bond acceptors (Lipinski definition) is 3. The Morgan fingerprint density at radius 1 is 1.40 bits per heavy atom. The van der Waals surface area contributed by atoms with E-state index in [9.17, 15) is 9.59 Å². The highest BCUT2D eigenvalue weighted by Crippen LogP contribution is 2.25. The van der Waals surface area contributed by atoms with E-state index in [0.717, 1.165) is 17.1 Å². The van der Waals surface area contributed by atoms with Gasteiger partial charge in [0, 0.05) is 4.47 Å². The lowest BCUT2D eigenvalue weighted by Crippen LogP contribution is -2.24. The summed E-state index contributed by atoms with van der Waals surface area (Å²) in [6, 6.07) is 5.36. The van der Waals surface area contributed by atoms with E-state index in [-0.39, 0.29) is 0 Å². The van der Waals surface area contributed by atoms with Crippen molar-refractivity contribution in [2.75, 3.05) is 12.4 Å². The summed E-state index contributed by atoms with van der Waals surface area (Å²) in [6.07, 6.45) is 0. The minimum Gasteiger partial charge on any atom is -0.462 e.